The van der Waals surface area contributed by atoms with Gasteiger partial charge in [0.15, 0.2) is 11.6 Å². The summed E-state index contributed by atoms with van der Waals surface area (Å²) in [5.41, 5.74) is 5.09. The van der Waals surface area contributed by atoms with Gasteiger partial charge in [0.05, 0.1) is 0 Å². The molecule has 0 saturated heterocycles. The second-order valence-electron chi connectivity index (χ2n) is 7.35. The molecule has 0 amide bonds. The smallest absolute Gasteiger partial charge is 0.302 e. The lowest BCUT2D eigenvalue weighted by atomic mass is 9.93. The van der Waals surface area contributed by atoms with E-state index in [-0.39, 0.29) is 19.0 Å². The van der Waals surface area contributed by atoms with Crippen LogP contribution in [0.5, 0.6) is 11.5 Å². The maximum atomic E-state index is 14.7. The number of hydrogen-bond donors (Lipinski definition) is 0. The van der Waals surface area contributed by atoms with E-state index in [1.807, 2.05) is 32.0 Å². The van der Waals surface area contributed by atoms with Crippen LogP contribution in [0.15, 0.2) is 54.6 Å². The highest BCUT2D eigenvalue weighted by atomic mass is 19.1. The van der Waals surface area contributed by atoms with Crippen molar-refractivity contribution in [1.82, 2.24) is 0 Å². The molecule has 0 bridgehead atoms. The Morgan fingerprint density at radius 3 is 2.41 bits per heavy atom. The third-order valence-electron chi connectivity index (χ3n) is 5.07. The Morgan fingerprint density at radius 1 is 0.969 bits per heavy atom. The van der Waals surface area contributed by atoms with E-state index in [0.29, 0.717) is 17.9 Å². The molecule has 0 radical (unpaired) electrons. The molecular formula is C26H25FO5. The number of ether oxygens (including phenoxy) is 3. The van der Waals surface area contributed by atoms with Crippen LogP contribution in [0.1, 0.15) is 34.0 Å². The van der Waals surface area contributed by atoms with E-state index in [0.717, 1.165) is 34.1 Å². The first-order valence-corrected chi connectivity index (χ1v) is 10.2. The van der Waals surface area contributed by atoms with Gasteiger partial charge in [-0.1, -0.05) is 18.2 Å². The molecule has 3 aromatic carbocycles. The molecule has 5 nitrogen and oxygen atoms in total. The second-order valence-corrected chi connectivity index (χ2v) is 7.35. The summed E-state index contributed by atoms with van der Waals surface area (Å²) in [7, 11) is 0. The van der Waals surface area contributed by atoms with E-state index in [9.17, 15) is 14.0 Å². The average molecular weight is 436 g/mol. The number of aryl methyl sites for hydroxylation is 1. The molecule has 0 aliphatic rings. The van der Waals surface area contributed by atoms with Crippen LogP contribution in [-0.4, -0.2) is 25.5 Å². The zero-order chi connectivity index (χ0) is 23.1. The molecule has 0 N–H and O–H groups in total. The quantitative estimate of drug-likeness (QED) is 0.254. The summed E-state index contributed by atoms with van der Waals surface area (Å²) < 4.78 is 30.8. The van der Waals surface area contributed by atoms with Gasteiger partial charge in [0.25, 0.3) is 0 Å². The number of carbonyl (C=O) groups excluding carboxylic acids is 2. The molecule has 0 aliphatic carbocycles. The topological polar surface area (TPSA) is 61.8 Å². The highest BCUT2D eigenvalue weighted by molar-refractivity contribution is 5.75. The van der Waals surface area contributed by atoms with Gasteiger partial charge in [-0.05, 0) is 78.1 Å². The third kappa shape index (κ3) is 5.72. The van der Waals surface area contributed by atoms with Gasteiger partial charge < -0.3 is 14.2 Å². The SMILES string of the molecule is CC(=O)OCCOc1cc(C)c(-c2cccc(COc3ccc(C=O)cc3)c2C)cc1F. The van der Waals surface area contributed by atoms with Crippen LogP contribution in [0, 0.1) is 19.7 Å². The summed E-state index contributed by atoms with van der Waals surface area (Å²) >= 11 is 0. The highest BCUT2D eigenvalue weighted by Gasteiger charge is 2.14. The molecule has 6 heteroatoms. The van der Waals surface area contributed by atoms with Crippen molar-refractivity contribution in [3.63, 3.8) is 0 Å². The van der Waals surface area contributed by atoms with Gasteiger partial charge in [0, 0.05) is 12.5 Å². The van der Waals surface area contributed by atoms with Gasteiger partial charge in [-0.2, -0.15) is 0 Å². The molecule has 166 valence electrons. The Hall–Kier alpha value is -3.67. The summed E-state index contributed by atoms with van der Waals surface area (Å²) in [5, 5.41) is 0. The van der Waals surface area contributed by atoms with Crippen molar-refractivity contribution in [1.29, 1.82) is 0 Å². The minimum Gasteiger partial charge on any atom is -0.489 e. The maximum Gasteiger partial charge on any atom is 0.302 e. The molecule has 0 spiro atoms. The largest absolute Gasteiger partial charge is 0.489 e. The summed E-state index contributed by atoms with van der Waals surface area (Å²) in [6, 6.07) is 15.8. The summed E-state index contributed by atoms with van der Waals surface area (Å²) in [5.74, 6) is -0.102. The number of hydrogen-bond acceptors (Lipinski definition) is 5. The predicted octanol–water partition coefficient (Wildman–Crippen LogP) is 5.44. The molecule has 0 aliphatic heterocycles. The molecule has 0 unspecified atom stereocenters. The van der Waals surface area contributed by atoms with Crippen molar-refractivity contribution in [2.24, 2.45) is 0 Å². The van der Waals surface area contributed by atoms with E-state index < -0.39 is 11.8 Å². The summed E-state index contributed by atoms with van der Waals surface area (Å²) in [4.78, 5) is 21.6. The Kier molecular flexibility index (Phi) is 7.60. The monoisotopic (exact) mass is 436 g/mol. The Morgan fingerprint density at radius 2 is 1.72 bits per heavy atom. The van der Waals surface area contributed by atoms with E-state index in [1.165, 1.54) is 13.0 Å². The second kappa shape index (κ2) is 10.6. The van der Waals surface area contributed by atoms with Crippen molar-refractivity contribution < 1.29 is 28.2 Å². The van der Waals surface area contributed by atoms with Crippen molar-refractivity contribution in [3.05, 3.63) is 82.7 Å². The van der Waals surface area contributed by atoms with Crippen molar-refractivity contribution in [2.45, 2.75) is 27.4 Å². The Labute approximate surface area is 186 Å². The number of carbonyl (C=O) groups is 2. The van der Waals surface area contributed by atoms with Crippen molar-refractivity contribution >= 4 is 12.3 Å². The predicted molar refractivity (Wildman–Crippen MR) is 120 cm³/mol. The number of aldehydes is 1. The van der Waals surface area contributed by atoms with Crippen LogP contribution in [0.2, 0.25) is 0 Å². The molecule has 0 heterocycles. The van der Waals surface area contributed by atoms with Crippen LogP contribution < -0.4 is 9.47 Å². The zero-order valence-corrected chi connectivity index (χ0v) is 18.3. The highest BCUT2D eigenvalue weighted by Crippen LogP contribution is 2.33. The van der Waals surface area contributed by atoms with Gasteiger partial charge in [-0.15, -0.1) is 0 Å². The van der Waals surface area contributed by atoms with Crippen molar-refractivity contribution in [3.8, 4) is 22.6 Å². The van der Waals surface area contributed by atoms with Crippen LogP contribution in [0.4, 0.5) is 4.39 Å². The normalized spacial score (nSPS) is 10.5. The molecule has 3 rings (SSSR count). The molecule has 0 atom stereocenters. The fourth-order valence-corrected chi connectivity index (χ4v) is 3.33. The van der Waals surface area contributed by atoms with Crippen LogP contribution in [0.25, 0.3) is 11.1 Å². The zero-order valence-electron chi connectivity index (χ0n) is 18.3. The fraction of sp³-hybridized carbons (Fsp3) is 0.231. The molecule has 0 saturated carbocycles. The average Bonchev–Trinajstić information content (AvgIpc) is 2.78. The van der Waals surface area contributed by atoms with E-state index in [1.54, 1.807) is 30.3 Å². The lowest BCUT2D eigenvalue weighted by molar-refractivity contribution is -0.141. The number of rotatable bonds is 9. The number of benzene rings is 3. The maximum absolute atomic E-state index is 14.7. The fourth-order valence-electron chi connectivity index (χ4n) is 3.33. The van der Waals surface area contributed by atoms with E-state index in [4.69, 9.17) is 14.2 Å². The number of halogens is 1. The van der Waals surface area contributed by atoms with Gasteiger partial charge in [-0.3, -0.25) is 9.59 Å². The van der Waals surface area contributed by atoms with E-state index in [2.05, 4.69) is 0 Å². The first kappa shape index (κ1) is 23.0. The third-order valence-corrected chi connectivity index (χ3v) is 5.07. The molecule has 0 fully saturated rings. The van der Waals surface area contributed by atoms with Gasteiger partial charge in [-0.25, -0.2) is 4.39 Å². The summed E-state index contributed by atoms with van der Waals surface area (Å²) in [6.45, 7) is 5.67. The molecular weight excluding hydrogens is 411 g/mol. The van der Waals surface area contributed by atoms with Gasteiger partial charge in [0.2, 0.25) is 0 Å². The van der Waals surface area contributed by atoms with E-state index >= 15 is 0 Å². The molecule has 32 heavy (non-hydrogen) atoms. The minimum absolute atomic E-state index is 0.0641. The Bertz CT molecular complexity index is 1110. The van der Waals surface area contributed by atoms with Crippen LogP contribution in [-0.2, 0) is 16.1 Å². The standard InChI is InChI=1S/C26H25FO5/c1-17-13-26(31-12-11-30-19(3)29)25(27)14-24(17)23-6-4-5-21(18(23)2)16-32-22-9-7-20(15-28)8-10-22/h4-10,13-15H,11-12,16H2,1-3H3. The number of esters is 1. The molecule has 3 aromatic rings. The molecule has 0 aromatic heterocycles. The van der Waals surface area contributed by atoms with Gasteiger partial charge >= 0.3 is 5.97 Å². The minimum atomic E-state index is -0.482. The lowest BCUT2D eigenvalue weighted by Crippen LogP contribution is -2.10. The van der Waals surface area contributed by atoms with Crippen LogP contribution >= 0.6 is 0 Å². The van der Waals surface area contributed by atoms with Gasteiger partial charge in [0.1, 0.15) is 31.9 Å². The van der Waals surface area contributed by atoms with Crippen LogP contribution in [0.3, 0.4) is 0 Å². The van der Waals surface area contributed by atoms with Crippen molar-refractivity contribution in [2.75, 3.05) is 13.2 Å². The summed E-state index contributed by atoms with van der Waals surface area (Å²) in [6.07, 6.45) is 0.787. The Balaban J connectivity index is 1.76. The lowest BCUT2D eigenvalue weighted by Gasteiger charge is -2.16. The first-order chi connectivity index (χ1) is 15.4. The first-order valence-electron chi connectivity index (χ1n) is 10.2.